The molecule has 0 spiro atoms. The van der Waals surface area contributed by atoms with Gasteiger partial charge in [-0.25, -0.2) is 0 Å². The Bertz CT molecular complexity index is 275. The first-order valence-electron chi connectivity index (χ1n) is 6.35. The van der Waals surface area contributed by atoms with Crippen molar-refractivity contribution < 1.29 is 19.4 Å². The molecule has 1 fully saturated rings. The molecule has 3 N–H and O–H groups in total. The van der Waals surface area contributed by atoms with E-state index in [4.69, 9.17) is 9.84 Å². The Hall–Kier alpha value is -1.14. The molecule has 0 saturated heterocycles. The van der Waals surface area contributed by atoms with Crippen LogP contribution in [0.4, 0.5) is 0 Å². The maximum Gasteiger partial charge on any atom is 0.306 e. The minimum absolute atomic E-state index is 0.0371. The average molecular weight is 258 g/mol. The molecule has 1 aliphatic carbocycles. The van der Waals surface area contributed by atoms with Crippen molar-refractivity contribution >= 4 is 11.9 Å². The first-order chi connectivity index (χ1) is 8.63. The molecular weight excluding hydrogens is 236 g/mol. The van der Waals surface area contributed by atoms with Crippen molar-refractivity contribution in [2.24, 2.45) is 5.92 Å². The Labute approximate surface area is 107 Å². The summed E-state index contributed by atoms with van der Waals surface area (Å²) in [6.45, 7) is 1.51. The monoisotopic (exact) mass is 258 g/mol. The first kappa shape index (κ1) is 14.9. The number of ether oxygens (including phenoxy) is 1. The molecule has 1 saturated carbocycles. The van der Waals surface area contributed by atoms with E-state index in [9.17, 15) is 9.59 Å². The highest BCUT2D eigenvalue weighted by Gasteiger charge is 2.26. The van der Waals surface area contributed by atoms with E-state index < -0.39 is 5.97 Å². The first-order valence-corrected chi connectivity index (χ1v) is 6.35. The van der Waals surface area contributed by atoms with Crippen LogP contribution in [0, 0.1) is 5.92 Å². The zero-order valence-electron chi connectivity index (χ0n) is 10.8. The lowest BCUT2D eigenvalue weighted by atomic mass is 9.86. The molecule has 104 valence electrons. The molecule has 1 amide bonds. The molecule has 0 aromatic heterocycles. The number of amides is 1. The van der Waals surface area contributed by atoms with Crippen LogP contribution in [0.3, 0.4) is 0 Å². The lowest BCUT2D eigenvalue weighted by Crippen LogP contribution is -2.43. The minimum atomic E-state index is -0.721. The van der Waals surface area contributed by atoms with Gasteiger partial charge in [0, 0.05) is 19.7 Å². The fraction of sp³-hybridized carbons (Fsp3) is 0.833. The van der Waals surface area contributed by atoms with Gasteiger partial charge in [0.25, 0.3) is 0 Å². The molecule has 0 atom stereocenters. The second-order valence-corrected chi connectivity index (χ2v) is 4.62. The largest absolute Gasteiger partial charge is 0.481 e. The van der Waals surface area contributed by atoms with Gasteiger partial charge in [0.05, 0.1) is 19.1 Å². The molecule has 0 unspecified atom stereocenters. The molecule has 6 nitrogen and oxygen atoms in total. The van der Waals surface area contributed by atoms with E-state index in [1.54, 1.807) is 7.11 Å². The maximum atomic E-state index is 11.6. The summed E-state index contributed by atoms with van der Waals surface area (Å²) in [4.78, 5) is 22.3. The van der Waals surface area contributed by atoms with E-state index in [-0.39, 0.29) is 24.4 Å². The van der Waals surface area contributed by atoms with Crippen LogP contribution in [0.15, 0.2) is 0 Å². The van der Waals surface area contributed by atoms with Gasteiger partial charge >= 0.3 is 5.97 Å². The van der Waals surface area contributed by atoms with Crippen LogP contribution in [0.25, 0.3) is 0 Å². The molecule has 1 aliphatic rings. The van der Waals surface area contributed by atoms with Crippen LogP contribution < -0.4 is 10.6 Å². The lowest BCUT2D eigenvalue weighted by molar-refractivity contribution is -0.142. The second-order valence-electron chi connectivity index (χ2n) is 4.62. The van der Waals surface area contributed by atoms with E-state index in [1.807, 2.05) is 0 Å². The molecule has 0 radical (unpaired) electrons. The van der Waals surface area contributed by atoms with Gasteiger partial charge in [-0.1, -0.05) is 0 Å². The highest BCUT2D eigenvalue weighted by molar-refractivity contribution is 5.78. The summed E-state index contributed by atoms with van der Waals surface area (Å²) in [6, 6.07) is 0.123. The third-order valence-electron chi connectivity index (χ3n) is 3.21. The summed E-state index contributed by atoms with van der Waals surface area (Å²) in [5.41, 5.74) is 0. The summed E-state index contributed by atoms with van der Waals surface area (Å²) in [7, 11) is 1.61. The number of carbonyl (C=O) groups excluding carboxylic acids is 1. The van der Waals surface area contributed by atoms with Crippen molar-refractivity contribution in [1.82, 2.24) is 10.6 Å². The fourth-order valence-corrected chi connectivity index (χ4v) is 2.14. The molecule has 1 rings (SSSR count). The van der Waals surface area contributed by atoms with E-state index >= 15 is 0 Å². The number of carboxylic acids is 1. The van der Waals surface area contributed by atoms with Gasteiger partial charge in [0.15, 0.2) is 0 Å². The van der Waals surface area contributed by atoms with E-state index in [0.717, 1.165) is 12.8 Å². The van der Waals surface area contributed by atoms with Gasteiger partial charge in [-0.2, -0.15) is 0 Å². The van der Waals surface area contributed by atoms with Crippen molar-refractivity contribution in [3.63, 3.8) is 0 Å². The third-order valence-corrected chi connectivity index (χ3v) is 3.21. The highest BCUT2D eigenvalue weighted by Crippen LogP contribution is 2.24. The van der Waals surface area contributed by atoms with E-state index in [1.165, 1.54) is 0 Å². The van der Waals surface area contributed by atoms with Gasteiger partial charge in [0.1, 0.15) is 0 Å². The van der Waals surface area contributed by atoms with Crippen LogP contribution in [-0.2, 0) is 14.3 Å². The number of hydrogen-bond donors (Lipinski definition) is 3. The predicted octanol–water partition coefficient (Wildman–Crippen LogP) is -0.0180. The van der Waals surface area contributed by atoms with Crippen LogP contribution in [-0.4, -0.2) is 49.8 Å². The number of methoxy groups -OCH3 is 1. The smallest absolute Gasteiger partial charge is 0.306 e. The Morgan fingerprint density at radius 3 is 2.50 bits per heavy atom. The summed E-state index contributed by atoms with van der Waals surface area (Å²) in [5.74, 6) is -0.996. The van der Waals surface area contributed by atoms with E-state index in [0.29, 0.717) is 26.0 Å². The number of hydrogen-bond acceptors (Lipinski definition) is 4. The van der Waals surface area contributed by atoms with Gasteiger partial charge in [0.2, 0.25) is 5.91 Å². The predicted molar refractivity (Wildman–Crippen MR) is 66.3 cm³/mol. The van der Waals surface area contributed by atoms with Crippen LogP contribution in [0.2, 0.25) is 0 Å². The average Bonchev–Trinajstić information content (AvgIpc) is 2.35. The van der Waals surface area contributed by atoms with Gasteiger partial charge in [-0.05, 0) is 25.7 Å². The Morgan fingerprint density at radius 2 is 1.94 bits per heavy atom. The van der Waals surface area contributed by atoms with Crippen LogP contribution >= 0.6 is 0 Å². The fourth-order valence-electron chi connectivity index (χ4n) is 2.14. The Balaban J connectivity index is 2.12. The summed E-state index contributed by atoms with van der Waals surface area (Å²) in [5, 5.41) is 14.8. The molecular formula is C12H22N2O4. The standard InChI is InChI=1S/C12H22N2O4/c1-18-7-6-13-8-11(15)14-10-4-2-9(3-5-10)12(16)17/h9-10,13H,2-8H2,1H3,(H,14,15)(H,16,17). The normalized spacial score (nSPS) is 23.6. The zero-order chi connectivity index (χ0) is 13.4. The molecule has 0 aliphatic heterocycles. The van der Waals surface area contributed by atoms with Crippen LogP contribution in [0.1, 0.15) is 25.7 Å². The zero-order valence-corrected chi connectivity index (χ0v) is 10.8. The summed E-state index contributed by atoms with van der Waals surface area (Å²) >= 11 is 0. The van der Waals surface area contributed by atoms with Crippen molar-refractivity contribution in [1.29, 1.82) is 0 Å². The number of carboxylic acid groups (broad SMARTS) is 1. The van der Waals surface area contributed by atoms with Crippen molar-refractivity contribution in [3.8, 4) is 0 Å². The topological polar surface area (TPSA) is 87.7 Å². The van der Waals surface area contributed by atoms with Crippen molar-refractivity contribution in [2.45, 2.75) is 31.7 Å². The van der Waals surface area contributed by atoms with Crippen molar-refractivity contribution in [2.75, 3.05) is 26.8 Å². The SMILES string of the molecule is COCCNCC(=O)NC1CCC(C(=O)O)CC1. The summed E-state index contributed by atoms with van der Waals surface area (Å²) < 4.78 is 4.86. The number of nitrogens with one attached hydrogen (secondary N) is 2. The Kier molecular flexibility index (Phi) is 6.67. The van der Waals surface area contributed by atoms with Crippen molar-refractivity contribution in [3.05, 3.63) is 0 Å². The van der Waals surface area contributed by atoms with Gasteiger partial charge in [-0.15, -0.1) is 0 Å². The lowest BCUT2D eigenvalue weighted by Gasteiger charge is -2.26. The molecule has 0 heterocycles. The molecule has 0 aromatic rings. The highest BCUT2D eigenvalue weighted by atomic mass is 16.5. The molecule has 0 bridgehead atoms. The van der Waals surface area contributed by atoms with E-state index in [2.05, 4.69) is 10.6 Å². The number of carbonyl (C=O) groups is 2. The number of aliphatic carboxylic acids is 1. The second kappa shape index (κ2) is 8.05. The maximum absolute atomic E-state index is 11.6. The van der Waals surface area contributed by atoms with Crippen LogP contribution in [0.5, 0.6) is 0 Å². The van der Waals surface area contributed by atoms with Gasteiger partial charge in [-0.3, -0.25) is 9.59 Å². The quantitative estimate of drug-likeness (QED) is 0.559. The minimum Gasteiger partial charge on any atom is -0.481 e. The Morgan fingerprint density at radius 1 is 1.28 bits per heavy atom. The van der Waals surface area contributed by atoms with Gasteiger partial charge < -0.3 is 20.5 Å². The number of rotatable bonds is 7. The summed E-state index contributed by atoms with van der Waals surface area (Å²) in [6.07, 6.45) is 2.80. The molecule has 18 heavy (non-hydrogen) atoms. The molecule has 0 aromatic carbocycles. The molecule has 6 heteroatoms. The third kappa shape index (κ3) is 5.46.